The molecule has 1 aromatic heterocycles. The zero-order chi connectivity index (χ0) is 20.3. The molecule has 29 heavy (non-hydrogen) atoms. The van der Waals surface area contributed by atoms with Gasteiger partial charge in [0.15, 0.2) is 0 Å². The molecule has 8 heteroatoms. The highest BCUT2D eigenvalue weighted by Gasteiger charge is 2.19. The van der Waals surface area contributed by atoms with Gasteiger partial charge in [0.25, 0.3) is 0 Å². The maximum atomic E-state index is 12.6. The predicted octanol–water partition coefficient (Wildman–Crippen LogP) is 2.96. The SMILES string of the molecule is O=C(CCNS(=O)(=O)c1ccc2nc(-c3ccccc3)[nH]c2c1)NC1CCCC1. The van der Waals surface area contributed by atoms with Crippen LogP contribution >= 0.6 is 0 Å². The lowest BCUT2D eigenvalue weighted by Crippen LogP contribution is -2.35. The summed E-state index contributed by atoms with van der Waals surface area (Å²) in [4.78, 5) is 19.8. The van der Waals surface area contributed by atoms with Gasteiger partial charge in [-0.15, -0.1) is 0 Å². The molecular formula is C21H24N4O3S. The minimum atomic E-state index is -3.71. The van der Waals surface area contributed by atoms with E-state index in [0.29, 0.717) is 16.9 Å². The largest absolute Gasteiger partial charge is 0.353 e. The number of hydrogen-bond donors (Lipinski definition) is 3. The number of H-pyrrole nitrogens is 1. The fraction of sp³-hybridized carbons (Fsp3) is 0.333. The maximum absolute atomic E-state index is 12.6. The van der Waals surface area contributed by atoms with Gasteiger partial charge in [-0.25, -0.2) is 18.1 Å². The van der Waals surface area contributed by atoms with Crippen molar-refractivity contribution in [3.8, 4) is 11.4 Å². The molecule has 1 aliphatic rings. The number of carbonyl (C=O) groups is 1. The Balaban J connectivity index is 1.41. The van der Waals surface area contributed by atoms with Crippen LogP contribution in [0.5, 0.6) is 0 Å². The molecule has 1 fully saturated rings. The molecule has 0 spiro atoms. The van der Waals surface area contributed by atoms with E-state index >= 15 is 0 Å². The highest BCUT2D eigenvalue weighted by molar-refractivity contribution is 7.89. The van der Waals surface area contributed by atoms with Crippen LogP contribution in [0.2, 0.25) is 0 Å². The van der Waals surface area contributed by atoms with Crippen LogP contribution in [-0.4, -0.2) is 36.9 Å². The van der Waals surface area contributed by atoms with Crippen LogP contribution in [0.4, 0.5) is 0 Å². The molecule has 1 heterocycles. The van der Waals surface area contributed by atoms with Crippen molar-refractivity contribution in [2.24, 2.45) is 0 Å². The van der Waals surface area contributed by atoms with Gasteiger partial charge in [-0.1, -0.05) is 43.2 Å². The lowest BCUT2D eigenvalue weighted by atomic mass is 10.2. The predicted molar refractivity (Wildman–Crippen MR) is 112 cm³/mol. The number of nitrogens with one attached hydrogen (secondary N) is 3. The number of fused-ring (bicyclic) bond motifs is 1. The molecule has 0 unspecified atom stereocenters. The molecule has 0 radical (unpaired) electrons. The van der Waals surface area contributed by atoms with Crippen molar-refractivity contribution in [3.05, 3.63) is 48.5 Å². The zero-order valence-electron chi connectivity index (χ0n) is 16.0. The number of aromatic nitrogens is 2. The van der Waals surface area contributed by atoms with Gasteiger partial charge >= 0.3 is 0 Å². The third-order valence-corrected chi connectivity index (χ3v) is 6.63. The number of rotatable bonds is 7. The first-order valence-corrected chi connectivity index (χ1v) is 11.3. The fourth-order valence-electron chi connectivity index (χ4n) is 3.64. The Morgan fingerprint density at radius 3 is 2.62 bits per heavy atom. The number of amides is 1. The summed E-state index contributed by atoms with van der Waals surface area (Å²) in [6, 6.07) is 14.7. The van der Waals surface area contributed by atoms with Gasteiger partial charge in [-0.05, 0) is 31.0 Å². The average Bonchev–Trinajstić information content (AvgIpc) is 3.37. The van der Waals surface area contributed by atoms with Gasteiger partial charge in [0, 0.05) is 24.6 Å². The van der Waals surface area contributed by atoms with E-state index in [1.165, 1.54) is 6.07 Å². The van der Waals surface area contributed by atoms with Crippen LogP contribution in [0.1, 0.15) is 32.1 Å². The molecule has 7 nitrogen and oxygen atoms in total. The van der Waals surface area contributed by atoms with Crippen molar-refractivity contribution in [1.82, 2.24) is 20.0 Å². The van der Waals surface area contributed by atoms with E-state index in [2.05, 4.69) is 20.0 Å². The van der Waals surface area contributed by atoms with Gasteiger partial charge in [0.1, 0.15) is 5.82 Å². The number of hydrogen-bond acceptors (Lipinski definition) is 4. The number of carbonyl (C=O) groups excluding carboxylic acids is 1. The molecule has 0 aliphatic heterocycles. The second kappa shape index (κ2) is 8.34. The quantitative estimate of drug-likeness (QED) is 0.555. The van der Waals surface area contributed by atoms with Gasteiger partial charge < -0.3 is 10.3 Å². The zero-order valence-corrected chi connectivity index (χ0v) is 16.8. The van der Waals surface area contributed by atoms with Crippen LogP contribution in [0.15, 0.2) is 53.4 Å². The van der Waals surface area contributed by atoms with Crippen molar-refractivity contribution in [3.63, 3.8) is 0 Å². The van der Waals surface area contributed by atoms with E-state index < -0.39 is 10.0 Å². The summed E-state index contributed by atoms with van der Waals surface area (Å²) in [5.74, 6) is 0.572. The fourth-order valence-corrected chi connectivity index (χ4v) is 4.70. The van der Waals surface area contributed by atoms with Crippen molar-refractivity contribution in [2.75, 3.05) is 6.54 Å². The van der Waals surface area contributed by atoms with Gasteiger partial charge in [0.05, 0.1) is 15.9 Å². The molecule has 0 saturated heterocycles. The van der Waals surface area contributed by atoms with Gasteiger partial charge in [-0.2, -0.15) is 0 Å². The Bertz CT molecular complexity index is 1100. The lowest BCUT2D eigenvalue weighted by molar-refractivity contribution is -0.121. The standard InChI is InChI=1S/C21H24N4O3S/c26-20(23-16-8-4-5-9-16)12-13-22-29(27,28)17-10-11-18-19(14-17)25-21(24-18)15-6-2-1-3-7-15/h1-3,6-7,10-11,14,16,22H,4-5,8-9,12-13H2,(H,23,26)(H,24,25). The lowest BCUT2D eigenvalue weighted by Gasteiger charge is -2.12. The summed E-state index contributed by atoms with van der Waals surface area (Å²) in [5, 5.41) is 2.96. The topological polar surface area (TPSA) is 104 Å². The summed E-state index contributed by atoms with van der Waals surface area (Å²) < 4.78 is 27.7. The third-order valence-electron chi connectivity index (χ3n) is 5.18. The summed E-state index contributed by atoms with van der Waals surface area (Å²) in [6.45, 7) is 0.0666. The Hall–Kier alpha value is -2.71. The summed E-state index contributed by atoms with van der Waals surface area (Å²) >= 11 is 0. The average molecular weight is 413 g/mol. The monoisotopic (exact) mass is 412 g/mol. The molecule has 1 aliphatic carbocycles. The first kappa shape index (κ1) is 19.6. The summed E-state index contributed by atoms with van der Waals surface area (Å²) in [7, 11) is -3.71. The summed E-state index contributed by atoms with van der Waals surface area (Å²) in [5.41, 5.74) is 2.27. The molecule has 3 aromatic rings. The number of sulfonamides is 1. The van der Waals surface area contributed by atoms with Crippen LogP contribution in [-0.2, 0) is 14.8 Å². The van der Waals surface area contributed by atoms with Gasteiger partial charge in [0.2, 0.25) is 15.9 Å². The van der Waals surface area contributed by atoms with Crippen LogP contribution in [0, 0.1) is 0 Å². The molecule has 4 rings (SSSR count). The van der Waals surface area contributed by atoms with E-state index in [1.54, 1.807) is 12.1 Å². The minimum Gasteiger partial charge on any atom is -0.353 e. The first-order valence-electron chi connectivity index (χ1n) is 9.85. The number of nitrogens with zero attached hydrogens (tertiary/aromatic N) is 1. The molecule has 0 atom stereocenters. The van der Waals surface area contributed by atoms with E-state index in [9.17, 15) is 13.2 Å². The Kier molecular flexibility index (Phi) is 5.64. The van der Waals surface area contributed by atoms with Crippen molar-refractivity contribution < 1.29 is 13.2 Å². The van der Waals surface area contributed by atoms with Crippen LogP contribution < -0.4 is 10.0 Å². The Labute approximate surface area is 170 Å². The van der Waals surface area contributed by atoms with Crippen LogP contribution in [0.3, 0.4) is 0 Å². The Morgan fingerprint density at radius 1 is 1.10 bits per heavy atom. The minimum absolute atomic E-state index is 0.0666. The van der Waals surface area contributed by atoms with Crippen molar-refractivity contribution >= 4 is 27.0 Å². The summed E-state index contributed by atoms with van der Waals surface area (Å²) in [6.07, 6.45) is 4.42. The molecule has 2 aromatic carbocycles. The molecule has 152 valence electrons. The molecule has 1 amide bonds. The molecular weight excluding hydrogens is 388 g/mol. The Morgan fingerprint density at radius 2 is 1.86 bits per heavy atom. The van der Waals surface area contributed by atoms with Gasteiger partial charge in [-0.3, -0.25) is 4.79 Å². The maximum Gasteiger partial charge on any atom is 0.240 e. The van der Waals surface area contributed by atoms with E-state index in [4.69, 9.17) is 0 Å². The van der Waals surface area contributed by atoms with E-state index in [1.807, 2.05) is 30.3 Å². The second-order valence-electron chi connectivity index (χ2n) is 7.33. The smallest absolute Gasteiger partial charge is 0.240 e. The number of imidazole rings is 1. The van der Waals surface area contributed by atoms with Crippen molar-refractivity contribution in [1.29, 1.82) is 0 Å². The highest BCUT2D eigenvalue weighted by atomic mass is 32.2. The van der Waals surface area contributed by atoms with Crippen molar-refractivity contribution in [2.45, 2.75) is 43.0 Å². The molecule has 3 N–H and O–H groups in total. The number of benzene rings is 2. The number of aromatic amines is 1. The van der Waals surface area contributed by atoms with E-state index in [-0.39, 0.29) is 29.8 Å². The molecule has 1 saturated carbocycles. The highest BCUT2D eigenvalue weighted by Crippen LogP contribution is 2.22. The first-order chi connectivity index (χ1) is 14.0. The molecule has 0 bridgehead atoms. The normalized spacial score (nSPS) is 15.0. The third kappa shape index (κ3) is 4.65. The van der Waals surface area contributed by atoms with E-state index in [0.717, 1.165) is 31.2 Å². The van der Waals surface area contributed by atoms with Crippen LogP contribution in [0.25, 0.3) is 22.4 Å². The second-order valence-corrected chi connectivity index (χ2v) is 9.09.